The molecule has 0 bridgehead atoms. The van der Waals surface area contributed by atoms with Crippen molar-refractivity contribution in [3.05, 3.63) is 46.2 Å². The highest BCUT2D eigenvalue weighted by molar-refractivity contribution is 7.09. The number of nitrogens with zero attached hydrogens (tertiary/aromatic N) is 6. The number of benzene rings is 1. The molecule has 182 valence electrons. The summed E-state index contributed by atoms with van der Waals surface area (Å²) in [6.07, 6.45) is 2.02. The van der Waals surface area contributed by atoms with Crippen LogP contribution in [0.3, 0.4) is 0 Å². The normalized spacial score (nSPS) is 15.3. The van der Waals surface area contributed by atoms with Gasteiger partial charge >= 0.3 is 6.16 Å². The molecule has 0 aliphatic carbocycles. The Bertz CT molecular complexity index is 1100. The summed E-state index contributed by atoms with van der Waals surface area (Å²) in [6, 6.07) is 2.18. The van der Waals surface area contributed by atoms with Gasteiger partial charge in [-0.3, -0.25) is 0 Å². The van der Waals surface area contributed by atoms with E-state index < -0.39 is 29.1 Å². The van der Waals surface area contributed by atoms with Gasteiger partial charge in [-0.15, -0.1) is 21.5 Å². The van der Waals surface area contributed by atoms with E-state index in [1.54, 1.807) is 25.8 Å². The van der Waals surface area contributed by atoms with Crippen LogP contribution in [0.5, 0.6) is 5.75 Å². The van der Waals surface area contributed by atoms with Crippen LogP contribution in [0, 0.1) is 11.6 Å². The van der Waals surface area contributed by atoms with Gasteiger partial charge in [-0.1, -0.05) is 0 Å². The van der Waals surface area contributed by atoms with Gasteiger partial charge in [-0.25, -0.2) is 23.2 Å². The maximum Gasteiger partial charge on any atom is 0.528 e. The van der Waals surface area contributed by atoms with Crippen LogP contribution in [0.1, 0.15) is 50.2 Å². The van der Waals surface area contributed by atoms with Crippen molar-refractivity contribution >= 4 is 17.5 Å². The lowest BCUT2D eigenvalue weighted by Gasteiger charge is -2.30. The number of carbonyl (C=O) groups excluding carboxylic acids is 1. The molecule has 1 saturated heterocycles. The van der Waals surface area contributed by atoms with Crippen molar-refractivity contribution < 1.29 is 27.9 Å². The predicted molar refractivity (Wildman–Crippen MR) is 116 cm³/mol. The number of piperidine rings is 1. The van der Waals surface area contributed by atoms with Crippen molar-refractivity contribution in [2.24, 2.45) is 0 Å². The summed E-state index contributed by atoms with van der Waals surface area (Å²) in [5.74, 6) is -2.02. The van der Waals surface area contributed by atoms with Crippen LogP contribution in [-0.2, 0) is 16.2 Å². The zero-order chi connectivity index (χ0) is 24.3. The molecule has 0 spiro atoms. The summed E-state index contributed by atoms with van der Waals surface area (Å²) in [4.78, 5) is 21.6. The van der Waals surface area contributed by atoms with E-state index in [0.29, 0.717) is 18.8 Å². The summed E-state index contributed by atoms with van der Waals surface area (Å²) >= 11 is 1.47. The second-order valence-corrected chi connectivity index (χ2v) is 9.61. The van der Waals surface area contributed by atoms with Crippen molar-refractivity contribution in [2.75, 3.05) is 13.1 Å². The molecule has 0 amide bonds. The Kier molecular flexibility index (Phi) is 7.03. The number of thiazole rings is 1. The second kappa shape index (κ2) is 9.97. The van der Waals surface area contributed by atoms with Gasteiger partial charge in [0.15, 0.2) is 17.4 Å². The lowest BCUT2D eigenvalue weighted by Crippen LogP contribution is -2.37. The molecule has 3 heterocycles. The van der Waals surface area contributed by atoms with Crippen LogP contribution >= 0.6 is 11.3 Å². The molecule has 4 rings (SSSR count). The summed E-state index contributed by atoms with van der Waals surface area (Å²) in [5.41, 5.74) is 0.109. The SMILES string of the molecule is CC(C)(C)OC(=O)ON1CCC(c2nc(COc3c(F)cc(-n4cnnn4)cc3F)cs2)CC1. The summed E-state index contributed by atoms with van der Waals surface area (Å²) in [6.45, 7) is 6.37. The Hall–Kier alpha value is -3.19. The molecular formula is C21H24F2N6O4S. The quantitative estimate of drug-likeness (QED) is 0.470. The number of carbonyl (C=O) groups is 1. The predicted octanol–water partition coefficient (Wildman–Crippen LogP) is 4.02. The maximum absolute atomic E-state index is 14.4. The third-order valence-electron chi connectivity index (χ3n) is 4.93. The lowest BCUT2D eigenvalue weighted by atomic mass is 9.99. The first kappa shape index (κ1) is 24.0. The molecule has 1 fully saturated rings. The number of rotatable bonds is 6. The largest absolute Gasteiger partial charge is 0.528 e. The number of hydrogen-bond donors (Lipinski definition) is 0. The Morgan fingerprint density at radius 3 is 2.53 bits per heavy atom. The fraction of sp³-hybridized carbons (Fsp3) is 0.476. The highest BCUT2D eigenvalue weighted by Gasteiger charge is 2.27. The number of ether oxygens (including phenoxy) is 2. The van der Waals surface area contributed by atoms with Crippen LogP contribution in [0.15, 0.2) is 23.8 Å². The highest BCUT2D eigenvalue weighted by Crippen LogP contribution is 2.31. The van der Waals surface area contributed by atoms with Crippen molar-refractivity contribution in [3.8, 4) is 11.4 Å². The minimum absolute atomic E-state index is 0.0742. The van der Waals surface area contributed by atoms with Gasteiger partial charge in [-0.05, 0) is 44.0 Å². The van der Waals surface area contributed by atoms with E-state index in [9.17, 15) is 13.6 Å². The van der Waals surface area contributed by atoms with E-state index in [2.05, 4.69) is 20.5 Å². The molecule has 1 aliphatic rings. The third kappa shape index (κ3) is 6.03. The molecule has 1 aromatic carbocycles. The van der Waals surface area contributed by atoms with Crippen molar-refractivity contribution in [2.45, 2.75) is 51.7 Å². The molecule has 0 atom stereocenters. The zero-order valence-electron chi connectivity index (χ0n) is 18.9. The molecule has 3 aromatic rings. The van der Waals surface area contributed by atoms with E-state index in [-0.39, 0.29) is 18.2 Å². The number of tetrazole rings is 1. The number of halogens is 2. The molecule has 34 heavy (non-hydrogen) atoms. The Morgan fingerprint density at radius 2 is 1.91 bits per heavy atom. The summed E-state index contributed by atoms with van der Waals surface area (Å²) < 4.78 is 40.5. The molecular weight excluding hydrogens is 470 g/mol. The molecule has 0 N–H and O–H groups in total. The van der Waals surface area contributed by atoms with Gasteiger partial charge in [0.25, 0.3) is 0 Å². The summed E-state index contributed by atoms with van der Waals surface area (Å²) in [5, 5.41) is 14.8. The molecule has 0 saturated carbocycles. The fourth-order valence-corrected chi connectivity index (χ4v) is 4.36. The van der Waals surface area contributed by atoms with Crippen LogP contribution in [0.2, 0.25) is 0 Å². The first-order valence-corrected chi connectivity index (χ1v) is 11.5. The zero-order valence-corrected chi connectivity index (χ0v) is 19.7. The van der Waals surface area contributed by atoms with Crippen molar-refractivity contribution in [1.82, 2.24) is 30.3 Å². The van der Waals surface area contributed by atoms with Crippen LogP contribution < -0.4 is 4.74 Å². The number of hydrogen-bond acceptors (Lipinski definition) is 10. The van der Waals surface area contributed by atoms with Crippen LogP contribution in [0.4, 0.5) is 13.6 Å². The van der Waals surface area contributed by atoms with Crippen molar-refractivity contribution in [3.63, 3.8) is 0 Å². The topological polar surface area (TPSA) is 104 Å². The molecule has 0 unspecified atom stereocenters. The molecule has 1 aliphatic heterocycles. The lowest BCUT2D eigenvalue weighted by molar-refractivity contribution is -0.152. The van der Waals surface area contributed by atoms with Crippen molar-refractivity contribution in [1.29, 1.82) is 0 Å². The minimum atomic E-state index is -0.863. The van der Waals surface area contributed by atoms with Gasteiger partial charge in [-0.2, -0.15) is 0 Å². The minimum Gasteiger partial charge on any atom is -0.481 e. The molecule has 13 heteroatoms. The van der Waals surface area contributed by atoms with Gasteiger partial charge in [0.05, 0.1) is 16.4 Å². The maximum atomic E-state index is 14.4. The van der Waals surface area contributed by atoms with E-state index in [1.165, 1.54) is 17.7 Å². The Balaban J connectivity index is 1.30. The highest BCUT2D eigenvalue weighted by atomic mass is 32.1. The van der Waals surface area contributed by atoms with E-state index >= 15 is 0 Å². The monoisotopic (exact) mass is 494 g/mol. The van der Waals surface area contributed by atoms with E-state index in [1.807, 2.05) is 5.38 Å². The smallest absolute Gasteiger partial charge is 0.481 e. The first-order chi connectivity index (χ1) is 16.2. The fourth-order valence-electron chi connectivity index (χ4n) is 3.39. The molecule has 2 aromatic heterocycles. The average molecular weight is 495 g/mol. The first-order valence-electron chi connectivity index (χ1n) is 10.6. The van der Waals surface area contributed by atoms with Crippen LogP contribution in [-0.4, -0.2) is 55.1 Å². The van der Waals surface area contributed by atoms with Gasteiger partial charge in [0.2, 0.25) is 0 Å². The number of hydroxylamine groups is 2. The standard InChI is InChI=1S/C21H24F2N6O4S/c1-21(2,3)32-20(30)33-28-6-4-13(5-7-28)19-25-14(11-34-19)10-31-18-16(22)8-15(9-17(18)23)29-12-24-26-27-29/h8-9,11-13H,4-7,10H2,1-3H3. The third-order valence-corrected chi connectivity index (χ3v) is 5.98. The van der Waals surface area contributed by atoms with Gasteiger partial charge in [0.1, 0.15) is 18.5 Å². The average Bonchev–Trinajstić information content (AvgIpc) is 3.45. The van der Waals surface area contributed by atoms with Crippen LogP contribution in [0.25, 0.3) is 5.69 Å². The Labute approximate surface area is 198 Å². The molecule has 0 radical (unpaired) electrons. The van der Waals surface area contributed by atoms with Gasteiger partial charge < -0.3 is 14.3 Å². The Morgan fingerprint density at radius 1 is 1.21 bits per heavy atom. The van der Waals surface area contributed by atoms with Gasteiger partial charge in [0, 0.05) is 36.5 Å². The van der Waals surface area contributed by atoms with E-state index in [4.69, 9.17) is 14.3 Å². The molecule has 10 nitrogen and oxygen atoms in total. The number of aromatic nitrogens is 5. The summed E-state index contributed by atoms with van der Waals surface area (Å²) in [7, 11) is 0. The second-order valence-electron chi connectivity index (χ2n) is 8.72. The van der Waals surface area contributed by atoms with E-state index in [0.717, 1.165) is 34.7 Å².